The third-order valence-electron chi connectivity index (χ3n) is 7.35. The fourth-order valence-electron chi connectivity index (χ4n) is 4.86. The van der Waals surface area contributed by atoms with Gasteiger partial charge in [0.25, 0.3) is 0 Å². The van der Waals surface area contributed by atoms with Crippen molar-refractivity contribution in [1.82, 2.24) is 0 Å². The van der Waals surface area contributed by atoms with Gasteiger partial charge in [0, 0.05) is 11.6 Å². The van der Waals surface area contributed by atoms with Crippen LogP contribution in [0.2, 0.25) is 0 Å². The summed E-state index contributed by atoms with van der Waals surface area (Å²) in [5, 5.41) is 112. The topological polar surface area (TPSA) is 290 Å². The molecule has 2 aromatic carbocycles. The molecule has 17 nitrogen and oxygen atoms in total. The van der Waals surface area contributed by atoms with E-state index in [1.807, 2.05) is 0 Å². The molecule has 2 fully saturated rings. The summed E-state index contributed by atoms with van der Waals surface area (Å²) >= 11 is 0. The van der Waals surface area contributed by atoms with Crippen molar-refractivity contribution in [2.45, 2.75) is 61.4 Å². The van der Waals surface area contributed by atoms with Gasteiger partial charge in [0.15, 0.2) is 16.8 Å². The normalized spacial score (nSPS) is 32.5. The predicted octanol–water partition coefficient (Wildman–Crippen LogP) is -3.07. The minimum absolute atomic E-state index is 0.103. The second kappa shape index (κ2) is 12.3. The first-order chi connectivity index (χ1) is 20.9. The van der Waals surface area contributed by atoms with Crippen LogP contribution in [0.5, 0.6) is 28.7 Å². The Bertz CT molecular complexity index is 1540. The van der Waals surface area contributed by atoms with E-state index in [0.29, 0.717) is 0 Å². The average Bonchev–Trinajstić information content (AvgIpc) is 3.01. The van der Waals surface area contributed by atoms with E-state index in [1.165, 1.54) is 24.3 Å². The zero-order chi connectivity index (χ0) is 32.0. The number of phenolic OH excluding ortho intramolecular Hbond substituents is 3. The molecule has 2 saturated heterocycles. The SMILES string of the molecule is O=c1cc(-c2ccc(O)cc2)oc2c(O[C@@H]3O[C@H](CO)[C@@H](O)[C@H](O)[C@H]3O)c(O)c(O[C@@H]3O[C@H](CO)[C@@H](O)[C@@H](O)[C@@H]3O)c(O)c12. The monoisotopic (exact) mass is 626 g/mol. The fourth-order valence-corrected chi connectivity index (χ4v) is 4.86. The first kappa shape index (κ1) is 31.7. The maximum atomic E-state index is 13.3. The molecule has 0 unspecified atom stereocenters. The van der Waals surface area contributed by atoms with Crippen molar-refractivity contribution in [3.05, 3.63) is 40.6 Å². The Labute approximate surface area is 246 Å². The summed E-state index contributed by atoms with van der Waals surface area (Å²) in [5.41, 5.74) is -1.33. The van der Waals surface area contributed by atoms with Crippen LogP contribution in [0.3, 0.4) is 0 Å². The Kier molecular flexibility index (Phi) is 8.87. The summed E-state index contributed by atoms with van der Waals surface area (Å²) in [7, 11) is 0. The van der Waals surface area contributed by atoms with Crippen LogP contribution < -0.4 is 14.9 Å². The number of phenols is 3. The van der Waals surface area contributed by atoms with Crippen LogP contribution in [0.15, 0.2) is 39.5 Å². The van der Waals surface area contributed by atoms with Crippen molar-refractivity contribution >= 4 is 11.0 Å². The Morgan fingerprint density at radius 3 is 1.66 bits per heavy atom. The van der Waals surface area contributed by atoms with E-state index in [2.05, 4.69) is 0 Å². The smallest absolute Gasteiger partial charge is 0.229 e. The lowest BCUT2D eigenvalue weighted by Gasteiger charge is -2.40. The van der Waals surface area contributed by atoms with Crippen LogP contribution in [-0.4, -0.2) is 131 Å². The van der Waals surface area contributed by atoms with Crippen LogP contribution in [0.4, 0.5) is 0 Å². The Morgan fingerprint density at radius 1 is 0.659 bits per heavy atom. The highest BCUT2D eigenvalue weighted by Crippen LogP contribution is 2.51. The first-order valence-electron chi connectivity index (χ1n) is 13.2. The molecule has 1 aromatic heterocycles. The Morgan fingerprint density at radius 2 is 1.16 bits per heavy atom. The summed E-state index contributed by atoms with van der Waals surface area (Å²) in [6.07, 6.45) is -18.2. The summed E-state index contributed by atoms with van der Waals surface area (Å²) in [6, 6.07) is 6.29. The van der Waals surface area contributed by atoms with Gasteiger partial charge >= 0.3 is 0 Å². The molecule has 10 atom stereocenters. The molecule has 2 aliphatic heterocycles. The molecule has 0 bridgehead atoms. The van der Waals surface area contributed by atoms with Crippen molar-refractivity contribution in [2.75, 3.05) is 13.2 Å². The zero-order valence-electron chi connectivity index (χ0n) is 22.4. The third kappa shape index (κ3) is 5.50. The van der Waals surface area contributed by atoms with Gasteiger partial charge < -0.3 is 79.5 Å². The molecular weight excluding hydrogens is 596 g/mol. The number of hydrogen-bond donors (Lipinski definition) is 11. The molecule has 17 heteroatoms. The zero-order valence-corrected chi connectivity index (χ0v) is 22.4. The molecule has 5 rings (SSSR count). The molecular formula is C27H30O17. The van der Waals surface area contributed by atoms with Gasteiger partial charge in [-0.1, -0.05) is 0 Å². The molecule has 3 aromatic rings. The number of benzene rings is 2. The second-order valence-electron chi connectivity index (χ2n) is 10.2. The molecule has 0 saturated carbocycles. The van der Waals surface area contributed by atoms with Crippen molar-refractivity contribution in [1.29, 1.82) is 0 Å². The predicted molar refractivity (Wildman–Crippen MR) is 142 cm³/mol. The first-order valence-corrected chi connectivity index (χ1v) is 13.2. The Hall–Kier alpha value is -3.75. The minimum Gasteiger partial charge on any atom is -0.508 e. The average molecular weight is 627 g/mol. The lowest BCUT2D eigenvalue weighted by atomic mass is 9.99. The van der Waals surface area contributed by atoms with E-state index >= 15 is 0 Å². The number of fused-ring (bicyclic) bond motifs is 1. The second-order valence-corrected chi connectivity index (χ2v) is 10.2. The van der Waals surface area contributed by atoms with E-state index < -0.39 is 114 Å². The minimum atomic E-state index is -2.01. The quantitative estimate of drug-likeness (QED) is 0.124. The number of hydrogen-bond acceptors (Lipinski definition) is 17. The van der Waals surface area contributed by atoms with Crippen LogP contribution in [0.1, 0.15) is 0 Å². The largest absolute Gasteiger partial charge is 0.508 e. The standard InChI is InChI=1S/C27H30O17/c28-6-12-15(32)18(35)20(37)26(41-12)43-24-17(34)14-10(31)5-11(8-1-3-9(30)4-2-8)40-23(14)25(22(24)39)44-27-21(38)19(36)16(33)13(7-29)42-27/h1-5,12-13,15-16,18-21,26-30,32-39H,6-7H2/t12-,13-,15-,16-,18-,19+,20+,21-,26+,27+/m1/s1. The van der Waals surface area contributed by atoms with Crippen molar-refractivity contribution in [3.63, 3.8) is 0 Å². The maximum Gasteiger partial charge on any atom is 0.229 e. The lowest BCUT2D eigenvalue weighted by molar-refractivity contribution is -0.279. The van der Waals surface area contributed by atoms with Crippen molar-refractivity contribution in [3.8, 4) is 40.1 Å². The van der Waals surface area contributed by atoms with Gasteiger partial charge in [0.1, 0.15) is 65.7 Å². The van der Waals surface area contributed by atoms with Crippen molar-refractivity contribution < 1.29 is 79.5 Å². The molecule has 0 aliphatic carbocycles. The van der Waals surface area contributed by atoms with Gasteiger partial charge in [-0.05, 0) is 24.3 Å². The molecule has 0 spiro atoms. The molecule has 3 heterocycles. The number of rotatable bonds is 7. The molecule has 0 amide bonds. The highest BCUT2D eigenvalue weighted by molar-refractivity contribution is 5.95. The number of aliphatic hydroxyl groups excluding tert-OH is 8. The molecule has 44 heavy (non-hydrogen) atoms. The summed E-state index contributed by atoms with van der Waals surface area (Å²) in [5.74, 6) is -4.28. The van der Waals surface area contributed by atoms with E-state index in [4.69, 9.17) is 23.4 Å². The van der Waals surface area contributed by atoms with Gasteiger partial charge in [-0.3, -0.25) is 4.79 Å². The van der Waals surface area contributed by atoms with E-state index in [-0.39, 0.29) is 17.1 Å². The summed E-state index contributed by atoms with van der Waals surface area (Å²) in [6.45, 7) is -1.67. The van der Waals surface area contributed by atoms with Crippen LogP contribution in [0.25, 0.3) is 22.3 Å². The van der Waals surface area contributed by atoms with E-state index in [9.17, 15) is 61.0 Å². The van der Waals surface area contributed by atoms with Crippen LogP contribution >= 0.6 is 0 Å². The van der Waals surface area contributed by atoms with Gasteiger partial charge in [0.2, 0.25) is 29.8 Å². The number of aromatic hydroxyl groups is 3. The Balaban J connectivity index is 1.67. The molecule has 0 radical (unpaired) electrons. The summed E-state index contributed by atoms with van der Waals surface area (Å²) in [4.78, 5) is 13.3. The van der Waals surface area contributed by atoms with Gasteiger partial charge in [-0.25, -0.2) is 0 Å². The van der Waals surface area contributed by atoms with Crippen molar-refractivity contribution in [2.24, 2.45) is 0 Å². The fraction of sp³-hybridized carbons (Fsp3) is 0.444. The lowest BCUT2D eigenvalue weighted by Crippen LogP contribution is -2.60. The van der Waals surface area contributed by atoms with E-state index in [1.54, 1.807) is 0 Å². The molecule has 240 valence electrons. The number of ether oxygens (including phenoxy) is 4. The van der Waals surface area contributed by atoms with Gasteiger partial charge in [0.05, 0.1) is 13.2 Å². The highest BCUT2D eigenvalue weighted by atomic mass is 16.7. The third-order valence-corrected chi connectivity index (χ3v) is 7.35. The number of aliphatic hydroxyl groups is 8. The molecule has 2 aliphatic rings. The highest BCUT2D eigenvalue weighted by Gasteiger charge is 2.47. The van der Waals surface area contributed by atoms with Gasteiger partial charge in [-0.15, -0.1) is 0 Å². The van der Waals surface area contributed by atoms with Crippen LogP contribution in [-0.2, 0) is 9.47 Å². The van der Waals surface area contributed by atoms with Crippen LogP contribution in [0, 0.1) is 0 Å². The van der Waals surface area contributed by atoms with Gasteiger partial charge in [-0.2, -0.15) is 0 Å². The molecule has 11 N–H and O–H groups in total. The van der Waals surface area contributed by atoms with E-state index in [0.717, 1.165) is 6.07 Å². The summed E-state index contributed by atoms with van der Waals surface area (Å²) < 4.78 is 27.5. The maximum absolute atomic E-state index is 13.3.